The van der Waals surface area contributed by atoms with Gasteiger partial charge in [0.15, 0.2) is 11.9 Å². The van der Waals surface area contributed by atoms with Crippen LogP contribution in [0, 0.1) is 0 Å². The number of Topliss-reactive ketones (excluding diaryl/α,β-unsaturated/α-hetero) is 1. The number of aromatic hydroxyl groups is 3. The zero-order valence-electron chi connectivity index (χ0n) is 21.9. The number of phenolic OH excluding ortho intramolecular Hbond substituents is 3. The SMILES string of the molecule is O=C(C=Cc1ccc(O)cc1)O[C@H]1[C@@H](O)[C@@H](O)[C@@H](Oc2cc(O)c3c(c2)O[C@H](c2ccc(O)cc2)CC3=O)O[C@H]1CO. The highest BCUT2D eigenvalue weighted by Crippen LogP contribution is 2.42. The number of aliphatic hydroxyl groups is 3. The van der Waals surface area contributed by atoms with E-state index >= 15 is 0 Å². The highest BCUT2D eigenvalue weighted by atomic mass is 16.7. The normalized spacial score (nSPS) is 25.5. The summed E-state index contributed by atoms with van der Waals surface area (Å²) in [5.41, 5.74) is 1.16. The Kier molecular flexibility index (Phi) is 8.31. The largest absolute Gasteiger partial charge is 0.508 e. The molecule has 2 aliphatic rings. The van der Waals surface area contributed by atoms with E-state index in [1.165, 1.54) is 36.4 Å². The summed E-state index contributed by atoms with van der Waals surface area (Å²) in [6, 6.07) is 14.5. The van der Waals surface area contributed by atoms with Crippen molar-refractivity contribution in [3.05, 3.63) is 83.4 Å². The maximum absolute atomic E-state index is 12.8. The van der Waals surface area contributed by atoms with Gasteiger partial charge in [0, 0.05) is 18.2 Å². The minimum Gasteiger partial charge on any atom is -0.508 e. The van der Waals surface area contributed by atoms with Crippen molar-refractivity contribution in [3.8, 4) is 28.7 Å². The minimum absolute atomic E-state index is 0.0103. The zero-order valence-corrected chi connectivity index (χ0v) is 21.9. The number of benzene rings is 3. The third-order valence-corrected chi connectivity index (χ3v) is 6.87. The molecule has 3 aromatic carbocycles. The number of hydrogen-bond donors (Lipinski definition) is 6. The number of ketones is 1. The molecule has 12 nitrogen and oxygen atoms in total. The highest BCUT2D eigenvalue weighted by Gasteiger charge is 2.47. The fraction of sp³-hybridized carbons (Fsp3) is 0.267. The number of carbonyl (C=O) groups is 2. The van der Waals surface area contributed by atoms with Crippen LogP contribution in [0.1, 0.15) is 34.0 Å². The van der Waals surface area contributed by atoms with Gasteiger partial charge in [-0.25, -0.2) is 4.79 Å². The Hall–Kier alpha value is -4.62. The average molecular weight is 581 g/mol. The monoisotopic (exact) mass is 580 g/mol. The molecule has 0 spiro atoms. The fourth-order valence-electron chi connectivity index (χ4n) is 4.71. The van der Waals surface area contributed by atoms with Crippen molar-refractivity contribution in [1.29, 1.82) is 0 Å². The van der Waals surface area contributed by atoms with Gasteiger partial charge < -0.3 is 49.6 Å². The molecule has 0 saturated carbocycles. The first-order valence-corrected chi connectivity index (χ1v) is 13.0. The van der Waals surface area contributed by atoms with Crippen LogP contribution < -0.4 is 9.47 Å². The lowest BCUT2D eigenvalue weighted by Gasteiger charge is -2.41. The molecule has 6 atom stereocenters. The Morgan fingerprint density at radius 2 is 1.62 bits per heavy atom. The third-order valence-electron chi connectivity index (χ3n) is 6.87. The van der Waals surface area contributed by atoms with Crippen molar-refractivity contribution in [3.63, 3.8) is 0 Å². The van der Waals surface area contributed by atoms with Crippen LogP contribution in [0.5, 0.6) is 28.7 Å². The van der Waals surface area contributed by atoms with Crippen molar-refractivity contribution in [2.24, 2.45) is 0 Å². The number of rotatable bonds is 7. The van der Waals surface area contributed by atoms with Gasteiger partial charge >= 0.3 is 5.97 Å². The van der Waals surface area contributed by atoms with Gasteiger partial charge in [-0.15, -0.1) is 0 Å². The summed E-state index contributed by atoms with van der Waals surface area (Å²) in [4.78, 5) is 25.2. The van der Waals surface area contributed by atoms with E-state index in [0.717, 1.165) is 12.1 Å². The molecular weight excluding hydrogens is 552 g/mol. The summed E-state index contributed by atoms with van der Waals surface area (Å²) in [5, 5.41) is 60.8. The van der Waals surface area contributed by atoms with E-state index < -0.39 is 55.1 Å². The molecule has 42 heavy (non-hydrogen) atoms. The second-order valence-electron chi connectivity index (χ2n) is 9.79. The molecule has 0 unspecified atom stereocenters. The van der Waals surface area contributed by atoms with Crippen molar-refractivity contribution in [2.45, 2.75) is 43.2 Å². The van der Waals surface area contributed by atoms with Gasteiger partial charge in [-0.1, -0.05) is 24.3 Å². The summed E-state index contributed by atoms with van der Waals surface area (Å²) < 4.78 is 22.5. The molecule has 0 aliphatic carbocycles. The summed E-state index contributed by atoms with van der Waals surface area (Å²) in [6.45, 7) is -0.704. The van der Waals surface area contributed by atoms with Gasteiger partial charge in [-0.2, -0.15) is 0 Å². The number of hydrogen-bond acceptors (Lipinski definition) is 12. The van der Waals surface area contributed by atoms with Crippen LogP contribution in [0.25, 0.3) is 6.08 Å². The van der Waals surface area contributed by atoms with Gasteiger partial charge in [0.1, 0.15) is 58.7 Å². The standard InChI is InChI=1S/C30H28O12/c31-14-24-29(42-25(36)10-3-15-1-6-17(32)7-2-15)27(37)28(38)30(41-24)39-19-11-20(34)26-21(35)13-22(40-23(26)12-19)16-4-8-18(33)9-5-16/h1-12,22,24,27-34,37-38H,13-14H2/t22-,24-,27-,28+,29+,30-/m0/s1. The van der Waals surface area contributed by atoms with Crippen LogP contribution >= 0.6 is 0 Å². The highest BCUT2D eigenvalue weighted by molar-refractivity contribution is 6.02. The van der Waals surface area contributed by atoms with E-state index in [2.05, 4.69) is 0 Å². The van der Waals surface area contributed by atoms with Crippen molar-refractivity contribution >= 4 is 17.8 Å². The van der Waals surface area contributed by atoms with Gasteiger partial charge in [0.05, 0.1) is 13.0 Å². The smallest absolute Gasteiger partial charge is 0.331 e. The topological polar surface area (TPSA) is 192 Å². The van der Waals surface area contributed by atoms with E-state index in [9.17, 15) is 40.2 Å². The number of fused-ring (bicyclic) bond motifs is 1. The molecule has 0 radical (unpaired) electrons. The van der Waals surface area contributed by atoms with E-state index in [-0.39, 0.29) is 40.8 Å². The first-order chi connectivity index (χ1) is 20.1. The maximum Gasteiger partial charge on any atom is 0.331 e. The van der Waals surface area contributed by atoms with Crippen molar-refractivity contribution < 1.29 is 59.2 Å². The van der Waals surface area contributed by atoms with Crippen LogP contribution in [0.3, 0.4) is 0 Å². The lowest BCUT2D eigenvalue weighted by atomic mass is 9.95. The van der Waals surface area contributed by atoms with Crippen LogP contribution in [-0.4, -0.2) is 79.7 Å². The Morgan fingerprint density at radius 1 is 0.952 bits per heavy atom. The first kappa shape index (κ1) is 28.9. The molecule has 12 heteroatoms. The predicted octanol–water partition coefficient (Wildman–Crippen LogP) is 1.95. The Balaban J connectivity index is 1.28. The second kappa shape index (κ2) is 12.1. The molecule has 2 heterocycles. The first-order valence-electron chi connectivity index (χ1n) is 13.0. The van der Waals surface area contributed by atoms with Crippen LogP contribution in [0.15, 0.2) is 66.7 Å². The number of aliphatic hydroxyl groups excluding tert-OH is 3. The van der Waals surface area contributed by atoms with Crippen LogP contribution in [0.2, 0.25) is 0 Å². The predicted molar refractivity (Wildman–Crippen MR) is 144 cm³/mol. The molecule has 6 N–H and O–H groups in total. The Morgan fingerprint density at radius 3 is 2.29 bits per heavy atom. The number of esters is 1. The van der Waals surface area contributed by atoms with Crippen molar-refractivity contribution in [1.82, 2.24) is 0 Å². The Bertz CT molecular complexity index is 1460. The van der Waals surface area contributed by atoms with E-state index in [0.29, 0.717) is 11.1 Å². The summed E-state index contributed by atoms with van der Waals surface area (Å²) in [7, 11) is 0. The van der Waals surface area contributed by atoms with Gasteiger partial charge in [-0.05, 0) is 41.5 Å². The van der Waals surface area contributed by atoms with Gasteiger partial charge in [-0.3, -0.25) is 4.79 Å². The van der Waals surface area contributed by atoms with Gasteiger partial charge in [0.2, 0.25) is 6.29 Å². The summed E-state index contributed by atoms with van der Waals surface area (Å²) >= 11 is 0. The molecular formula is C30H28O12. The molecule has 1 saturated heterocycles. The maximum atomic E-state index is 12.8. The molecule has 0 amide bonds. The average Bonchev–Trinajstić information content (AvgIpc) is 2.96. The van der Waals surface area contributed by atoms with E-state index in [1.807, 2.05) is 0 Å². The molecule has 3 aromatic rings. The minimum atomic E-state index is -1.75. The zero-order chi connectivity index (χ0) is 30.0. The van der Waals surface area contributed by atoms with E-state index in [1.54, 1.807) is 24.3 Å². The molecule has 220 valence electrons. The lowest BCUT2D eigenvalue weighted by Crippen LogP contribution is -2.61. The number of carbonyl (C=O) groups excluding carboxylic acids is 2. The third kappa shape index (κ3) is 6.16. The van der Waals surface area contributed by atoms with Crippen molar-refractivity contribution in [2.75, 3.05) is 6.61 Å². The van der Waals surface area contributed by atoms with Crippen LogP contribution in [-0.2, 0) is 14.3 Å². The summed E-state index contributed by atoms with van der Waals surface area (Å²) in [5.74, 6) is -1.67. The molecule has 5 rings (SSSR count). The summed E-state index contributed by atoms with van der Waals surface area (Å²) in [6.07, 6.45) is -6.05. The molecule has 0 bridgehead atoms. The quantitative estimate of drug-likeness (QED) is 0.176. The number of ether oxygens (including phenoxy) is 4. The molecule has 2 aliphatic heterocycles. The van der Waals surface area contributed by atoms with Crippen LogP contribution in [0.4, 0.5) is 0 Å². The Labute approximate surface area is 239 Å². The molecule has 1 fully saturated rings. The second-order valence-corrected chi connectivity index (χ2v) is 9.79. The molecule has 0 aromatic heterocycles. The fourth-order valence-corrected chi connectivity index (χ4v) is 4.71. The number of phenols is 3. The van der Waals surface area contributed by atoms with Gasteiger partial charge in [0.25, 0.3) is 0 Å². The van der Waals surface area contributed by atoms with E-state index in [4.69, 9.17) is 18.9 Å². The lowest BCUT2D eigenvalue weighted by molar-refractivity contribution is -0.280.